The number of para-hydroxylation sites is 1. The van der Waals surface area contributed by atoms with Crippen molar-refractivity contribution in [2.45, 2.75) is 82.7 Å². The highest BCUT2D eigenvalue weighted by atomic mass is 16.3. The SMILES string of the molecule is C1=CCCC(C2=CC(C3C=NCCC3)CC(n3c4c(c5ccccc53)=CC(C3=CC5C6=C(CCC=C6)N(C6C=c7c8c(oc7=CC6)CCC=C8)C5C=C3)CC=4)=C2)=C1. The first kappa shape index (κ1) is 33.8. The van der Waals surface area contributed by atoms with Gasteiger partial charge in [-0.1, -0.05) is 103 Å². The highest BCUT2D eigenvalue weighted by Crippen LogP contribution is 2.46. The van der Waals surface area contributed by atoms with Crippen molar-refractivity contribution in [2.24, 2.45) is 28.7 Å². The van der Waals surface area contributed by atoms with Crippen LogP contribution in [0, 0.1) is 23.7 Å². The number of rotatable bonds is 5. The highest BCUT2D eigenvalue weighted by molar-refractivity contribution is 5.87. The van der Waals surface area contributed by atoms with Crippen LogP contribution in [0.1, 0.15) is 75.5 Å². The summed E-state index contributed by atoms with van der Waals surface area (Å²) in [6.07, 6.45) is 53.6. The summed E-state index contributed by atoms with van der Waals surface area (Å²) in [6, 6.07) is 9.84. The van der Waals surface area contributed by atoms with Crippen LogP contribution in [-0.2, 0) is 6.42 Å². The summed E-state index contributed by atoms with van der Waals surface area (Å²) in [7, 11) is 0. The minimum Gasteiger partial charge on any atom is -0.461 e. The summed E-state index contributed by atoms with van der Waals surface area (Å²) in [5, 5.41) is 5.45. The van der Waals surface area contributed by atoms with Gasteiger partial charge in [0.2, 0.25) is 0 Å². The van der Waals surface area contributed by atoms with Gasteiger partial charge in [-0.25, -0.2) is 0 Å². The molecule has 6 unspecified atom stereocenters. The quantitative estimate of drug-likeness (QED) is 0.262. The van der Waals surface area contributed by atoms with Crippen molar-refractivity contribution in [1.82, 2.24) is 9.47 Å². The van der Waals surface area contributed by atoms with Gasteiger partial charge in [0.05, 0.1) is 17.6 Å². The van der Waals surface area contributed by atoms with Crippen LogP contribution in [0.15, 0.2) is 129 Å². The number of furan rings is 1. The highest BCUT2D eigenvalue weighted by Gasteiger charge is 2.42. The molecule has 3 aromatic rings. The van der Waals surface area contributed by atoms with E-state index in [4.69, 9.17) is 9.41 Å². The van der Waals surface area contributed by atoms with Crippen LogP contribution in [0.3, 0.4) is 0 Å². The maximum atomic E-state index is 6.36. The average Bonchev–Trinajstić information content (AvgIpc) is 3.94. The van der Waals surface area contributed by atoms with Gasteiger partial charge in [-0.3, -0.25) is 4.99 Å². The molecule has 57 heavy (non-hydrogen) atoms. The third kappa shape index (κ3) is 5.57. The fraction of sp³-hybridized carbons (Fsp3) is 0.340. The molecule has 4 heteroatoms. The second kappa shape index (κ2) is 13.6. The standard InChI is InChI=1S/C53H51N3O/c1-2-11-34(12-3-1)38-27-39(37-13-10-26-54-33-37)29-41(28-38)56-49-18-8-5-15-43(49)46-31-36(21-24-51(46)56)35-20-23-50-45(30-35)42-14-4-7-17-48(42)55(50)40-22-25-53-47(32-40)44-16-6-9-19-52(44)57-53/h1-2,4-6,8,11,14-16,18,20,23-25,27-28,30-33,36-37,39-40,45,50H,3,7,9-10,12-13,17,19,21-22,26,29H2. The minimum absolute atomic E-state index is 0.337. The van der Waals surface area contributed by atoms with Crippen molar-refractivity contribution in [1.29, 1.82) is 0 Å². The molecule has 6 atom stereocenters. The Hall–Kier alpha value is -5.35. The smallest absolute Gasteiger partial charge is 0.130 e. The first-order chi connectivity index (χ1) is 28.2. The molecule has 4 heterocycles. The lowest BCUT2D eigenvalue weighted by Crippen LogP contribution is -2.43. The van der Waals surface area contributed by atoms with Crippen molar-refractivity contribution in [2.75, 3.05) is 6.54 Å². The second-order valence-electron chi connectivity index (χ2n) is 17.6. The van der Waals surface area contributed by atoms with Crippen molar-refractivity contribution in [3.05, 3.63) is 152 Å². The minimum atomic E-state index is 0.337. The Balaban J connectivity index is 0.905. The molecule has 12 rings (SSSR count). The summed E-state index contributed by atoms with van der Waals surface area (Å²) in [6.45, 7) is 0.977. The summed E-state index contributed by atoms with van der Waals surface area (Å²) in [4.78, 5) is 7.56. The third-order valence-corrected chi connectivity index (χ3v) is 14.4. The zero-order valence-electron chi connectivity index (χ0n) is 32.8. The Morgan fingerprint density at radius 1 is 0.825 bits per heavy atom. The molecule has 0 saturated carbocycles. The molecule has 0 bridgehead atoms. The fourth-order valence-electron chi connectivity index (χ4n) is 11.7. The monoisotopic (exact) mass is 745 g/mol. The van der Waals surface area contributed by atoms with E-state index >= 15 is 0 Å². The molecule has 0 saturated heterocycles. The number of allylic oxidation sites excluding steroid dienone is 14. The van der Waals surface area contributed by atoms with Gasteiger partial charge in [-0.2, -0.15) is 0 Å². The van der Waals surface area contributed by atoms with Gasteiger partial charge in [0.15, 0.2) is 0 Å². The molecule has 0 radical (unpaired) electrons. The first-order valence-corrected chi connectivity index (χ1v) is 21.9. The molecule has 284 valence electrons. The molecule has 0 spiro atoms. The molecule has 1 aromatic carbocycles. The lowest BCUT2D eigenvalue weighted by Gasteiger charge is -2.37. The van der Waals surface area contributed by atoms with E-state index in [2.05, 4.69) is 137 Å². The summed E-state index contributed by atoms with van der Waals surface area (Å²) in [5.41, 5.74) is 12.6. The molecule has 2 aromatic heterocycles. The van der Waals surface area contributed by atoms with Crippen molar-refractivity contribution < 1.29 is 4.42 Å². The lowest BCUT2D eigenvalue weighted by atomic mass is 9.79. The molecular formula is C53H51N3O. The summed E-state index contributed by atoms with van der Waals surface area (Å²) in [5.74, 6) is 2.86. The predicted molar refractivity (Wildman–Crippen MR) is 236 cm³/mol. The van der Waals surface area contributed by atoms with E-state index in [1.165, 1.54) is 73.1 Å². The number of benzene rings is 1. The Morgan fingerprint density at radius 2 is 1.75 bits per heavy atom. The predicted octanol–water partition coefficient (Wildman–Crippen LogP) is 8.75. The fourth-order valence-corrected chi connectivity index (χ4v) is 11.7. The number of hydrogen-bond acceptors (Lipinski definition) is 3. The van der Waals surface area contributed by atoms with Crippen LogP contribution in [-0.4, -0.2) is 34.3 Å². The Labute approximate surface area is 335 Å². The number of fused-ring (bicyclic) bond motifs is 8. The van der Waals surface area contributed by atoms with Gasteiger partial charge < -0.3 is 13.9 Å². The van der Waals surface area contributed by atoms with E-state index in [0.717, 1.165) is 75.5 Å². The van der Waals surface area contributed by atoms with Crippen LogP contribution in [0.25, 0.3) is 47.0 Å². The molecule has 7 aliphatic carbocycles. The zero-order valence-corrected chi connectivity index (χ0v) is 32.8. The van der Waals surface area contributed by atoms with E-state index in [-0.39, 0.29) is 0 Å². The second-order valence-corrected chi connectivity index (χ2v) is 17.6. The van der Waals surface area contributed by atoms with Gasteiger partial charge >= 0.3 is 0 Å². The lowest BCUT2D eigenvalue weighted by molar-refractivity contribution is 0.255. The molecule has 0 amide bonds. The van der Waals surface area contributed by atoms with Crippen LogP contribution in [0.5, 0.6) is 0 Å². The molecule has 0 N–H and O–H groups in total. The number of aliphatic imine (C=N–C) groups is 1. The number of hydrogen-bond donors (Lipinski definition) is 0. The first-order valence-electron chi connectivity index (χ1n) is 21.9. The number of nitrogens with zero attached hydrogens (tertiary/aromatic N) is 3. The van der Waals surface area contributed by atoms with Crippen molar-refractivity contribution >= 4 is 53.2 Å². The van der Waals surface area contributed by atoms with Gasteiger partial charge in [-0.15, -0.1) is 0 Å². The molecule has 0 fully saturated rings. The van der Waals surface area contributed by atoms with Crippen LogP contribution in [0.2, 0.25) is 0 Å². The van der Waals surface area contributed by atoms with Gasteiger partial charge in [0, 0.05) is 75.1 Å². The van der Waals surface area contributed by atoms with E-state index in [9.17, 15) is 0 Å². The normalized spacial score (nSPS) is 29.4. The Kier molecular flexibility index (Phi) is 8.08. The Morgan fingerprint density at radius 3 is 2.68 bits per heavy atom. The van der Waals surface area contributed by atoms with E-state index < -0.39 is 0 Å². The largest absolute Gasteiger partial charge is 0.461 e. The topological polar surface area (TPSA) is 33.7 Å². The molecule has 2 aliphatic heterocycles. The van der Waals surface area contributed by atoms with Gasteiger partial charge in [-0.05, 0) is 111 Å². The third-order valence-electron chi connectivity index (χ3n) is 14.4. The summed E-state index contributed by atoms with van der Waals surface area (Å²) >= 11 is 0. The average molecular weight is 746 g/mol. The number of aryl methyl sites for hydroxylation is 1. The maximum Gasteiger partial charge on any atom is 0.130 e. The van der Waals surface area contributed by atoms with Crippen LogP contribution < -0.4 is 21.2 Å². The van der Waals surface area contributed by atoms with Crippen LogP contribution in [0.4, 0.5) is 0 Å². The maximum absolute atomic E-state index is 6.36. The van der Waals surface area contributed by atoms with Crippen molar-refractivity contribution in [3.8, 4) is 0 Å². The van der Waals surface area contributed by atoms with E-state index in [0.29, 0.717) is 35.8 Å². The van der Waals surface area contributed by atoms with E-state index in [1.54, 1.807) is 5.70 Å². The van der Waals surface area contributed by atoms with Crippen LogP contribution >= 0.6 is 0 Å². The molecule has 9 aliphatic rings. The van der Waals surface area contributed by atoms with Gasteiger partial charge in [0.25, 0.3) is 0 Å². The van der Waals surface area contributed by atoms with Crippen molar-refractivity contribution in [3.63, 3.8) is 0 Å². The molecule has 4 nitrogen and oxygen atoms in total. The molecular weight excluding hydrogens is 695 g/mol. The number of aromatic nitrogens is 1. The Bertz CT molecular complexity index is 2800. The van der Waals surface area contributed by atoms with Gasteiger partial charge in [0.1, 0.15) is 11.2 Å². The zero-order chi connectivity index (χ0) is 37.5. The van der Waals surface area contributed by atoms with E-state index in [1.807, 2.05) is 0 Å². The summed E-state index contributed by atoms with van der Waals surface area (Å²) < 4.78 is 8.99.